The van der Waals surface area contributed by atoms with Gasteiger partial charge in [0.15, 0.2) is 0 Å². The van der Waals surface area contributed by atoms with Crippen LogP contribution < -0.4 is 0 Å². The third-order valence-electron chi connectivity index (χ3n) is 5.95. The van der Waals surface area contributed by atoms with Gasteiger partial charge in [-0.3, -0.25) is 9.97 Å². The van der Waals surface area contributed by atoms with Crippen LogP contribution in [0.1, 0.15) is 16.7 Å². The van der Waals surface area contributed by atoms with Gasteiger partial charge in [0.05, 0.1) is 0 Å². The van der Waals surface area contributed by atoms with Crippen LogP contribution in [0.2, 0.25) is 0 Å². The number of rotatable bonds is 4. The lowest BCUT2D eigenvalue weighted by atomic mass is 9.89. The van der Waals surface area contributed by atoms with Gasteiger partial charge in [0.25, 0.3) is 0 Å². The third kappa shape index (κ3) is 4.25. The van der Waals surface area contributed by atoms with Gasteiger partial charge in [-0.2, -0.15) is 0 Å². The molecule has 0 aliphatic carbocycles. The molecule has 0 saturated heterocycles. The van der Waals surface area contributed by atoms with Crippen molar-refractivity contribution in [1.29, 1.82) is 0 Å². The van der Waals surface area contributed by atoms with Crippen LogP contribution in [0, 0.1) is 26.2 Å². The summed E-state index contributed by atoms with van der Waals surface area (Å²) in [6.07, 6.45) is 13.5. The summed E-state index contributed by atoms with van der Waals surface area (Å²) in [4.78, 5) is 8.82. The standard InChI is InChI=1S/C32H24N2/c1-4-24-15-25(29-9-5-7-11-31(29)27-13-22(2)18-33-20-27)17-26(16-24)30-10-6-8-12-32(30)28-14-23(3)19-34-21-28/h1,5-21H,2-3H3. The number of aryl methyl sites for hydroxylation is 2. The summed E-state index contributed by atoms with van der Waals surface area (Å²) in [5, 5.41) is 0. The normalized spacial score (nSPS) is 10.6. The first kappa shape index (κ1) is 21.4. The minimum absolute atomic E-state index is 0.849. The van der Waals surface area contributed by atoms with Crippen LogP contribution in [-0.4, -0.2) is 9.97 Å². The van der Waals surface area contributed by atoms with E-state index in [0.29, 0.717) is 0 Å². The molecule has 0 radical (unpaired) electrons. The average Bonchev–Trinajstić information content (AvgIpc) is 2.88. The molecule has 0 amide bonds. The summed E-state index contributed by atoms with van der Waals surface area (Å²) in [5.74, 6) is 2.86. The van der Waals surface area contributed by atoms with Crippen LogP contribution in [0.5, 0.6) is 0 Å². The lowest BCUT2D eigenvalue weighted by Crippen LogP contribution is -1.91. The summed E-state index contributed by atoms with van der Waals surface area (Å²) < 4.78 is 0. The van der Waals surface area contributed by atoms with Gasteiger partial charge in [-0.1, -0.05) is 54.5 Å². The van der Waals surface area contributed by atoms with Crippen molar-refractivity contribution in [2.24, 2.45) is 0 Å². The predicted octanol–water partition coefficient (Wildman–Crippen LogP) is 7.74. The Labute approximate surface area is 201 Å². The van der Waals surface area contributed by atoms with Gasteiger partial charge in [0.2, 0.25) is 0 Å². The molecule has 0 aliphatic rings. The third-order valence-corrected chi connectivity index (χ3v) is 5.95. The van der Waals surface area contributed by atoms with Crippen molar-refractivity contribution in [1.82, 2.24) is 9.97 Å². The highest BCUT2D eigenvalue weighted by Gasteiger charge is 2.13. The van der Waals surface area contributed by atoms with E-state index in [-0.39, 0.29) is 0 Å². The van der Waals surface area contributed by atoms with Gasteiger partial charge in [-0.05, 0) is 88.7 Å². The number of aromatic nitrogens is 2. The number of hydrogen-bond donors (Lipinski definition) is 0. The fourth-order valence-electron chi connectivity index (χ4n) is 4.40. The number of benzene rings is 3. The predicted molar refractivity (Wildman–Crippen MR) is 141 cm³/mol. The fraction of sp³-hybridized carbons (Fsp3) is 0.0625. The number of terminal acetylenes is 1. The summed E-state index contributed by atoms with van der Waals surface area (Å²) in [6.45, 7) is 4.13. The van der Waals surface area contributed by atoms with Gasteiger partial charge in [-0.25, -0.2) is 0 Å². The van der Waals surface area contributed by atoms with Crippen LogP contribution in [0.25, 0.3) is 44.5 Å². The first-order chi connectivity index (χ1) is 16.6. The van der Waals surface area contributed by atoms with Crippen molar-refractivity contribution in [2.75, 3.05) is 0 Å². The SMILES string of the molecule is C#Cc1cc(-c2ccccc2-c2cncc(C)c2)cc(-c2ccccc2-c2cncc(C)c2)c1. The Bertz CT molecular complexity index is 1430. The zero-order valence-electron chi connectivity index (χ0n) is 19.3. The minimum Gasteiger partial charge on any atom is -0.264 e. The molecule has 0 aliphatic heterocycles. The highest BCUT2D eigenvalue weighted by Crippen LogP contribution is 2.38. The highest BCUT2D eigenvalue weighted by molar-refractivity contribution is 5.89. The average molecular weight is 437 g/mol. The molecular formula is C32H24N2. The first-order valence-corrected chi connectivity index (χ1v) is 11.3. The molecule has 5 rings (SSSR count). The van der Waals surface area contributed by atoms with E-state index < -0.39 is 0 Å². The quantitative estimate of drug-likeness (QED) is 0.269. The largest absolute Gasteiger partial charge is 0.264 e. The van der Waals surface area contributed by atoms with Crippen molar-refractivity contribution < 1.29 is 0 Å². The molecule has 0 saturated carbocycles. The molecule has 2 heteroatoms. The van der Waals surface area contributed by atoms with Crippen molar-refractivity contribution in [3.05, 3.63) is 120 Å². The Kier molecular flexibility index (Phi) is 5.77. The molecule has 2 heterocycles. The Balaban J connectivity index is 1.70. The molecule has 0 spiro atoms. The Hall–Kier alpha value is -4.48. The molecule has 2 nitrogen and oxygen atoms in total. The maximum Gasteiger partial charge on any atom is 0.0346 e. The van der Waals surface area contributed by atoms with Gasteiger partial charge < -0.3 is 0 Å². The fourth-order valence-corrected chi connectivity index (χ4v) is 4.40. The Morgan fingerprint density at radius 1 is 0.529 bits per heavy atom. The molecule has 3 aromatic carbocycles. The van der Waals surface area contributed by atoms with Crippen LogP contribution in [0.3, 0.4) is 0 Å². The molecule has 0 fully saturated rings. The van der Waals surface area contributed by atoms with Crippen molar-refractivity contribution in [3.63, 3.8) is 0 Å². The Morgan fingerprint density at radius 3 is 1.32 bits per heavy atom. The van der Waals surface area contributed by atoms with Gasteiger partial charge in [0.1, 0.15) is 0 Å². The molecule has 0 atom stereocenters. The second-order valence-electron chi connectivity index (χ2n) is 8.54. The molecule has 0 bridgehead atoms. The van der Waals surface area contributed by atoms with E-state index in [1.165, 1.54) is 0 Å². The molecule has 34 heavy (non-hydrogen) atoms. The van der Waals surface area contributed by atoms with Crippen LogP contribution in [0.15, 0.2) is 104 Å². The molecule has 2 aromatic heterocycles. The van der Waals surface area contributed by atoms with Crippen LogP contribution in [-0.2, 0) is 0 Å². The van der Waals surface area contributed by atoms with Crippen LogP contribution in [0.4, 0.5) is 0 Å². The number of nitrogens with zero attached hydrogens (tertiary/aromatic N) is 2. The smallest absolute Gasteiger partial charge is 0.0346 e. The summed E-state index contributed by atoms with van der Waals surface area (Å²) in [5.41, 5.74) is 12.0. The maximum absolute atomic E-state index is 5.91. The van der Waals surface area contributed by atoms with E-state index in [9.17, 15) is 0 Å². The second kappa shape index (κ2) is 9.17. The number of hydrogen-bond acceptors (Lipinski definition) is 2. The maximum atomic E-state index is 5.91. The van der Waals surface area contributed by atoms with E-state index in [1.54, 1.807) is 0 Å². The second-order valence-corrected chi connectivity index (χ2v) is 8.54. The van der Waals surface area contributed by atoms with E-state index in [4.69, 9.17) is 6.42 Å². The zero-order chi connectivity index (χ0) is 23.5. The van der Waals surface area contributed by atoms with E-state index in [2.05, 4.69) is 109 Å². The summed E-state index contributed by atoms with van der Waals surface area (Å²) in [6, 6.07) is 27.6. The van der Waals surface area contributed by atoms with Gasteiger partial charge >= 0.3 is 0 Å². The van der Waals surface area contributed by atoms with E-state index in [1.807, 2.05) is 24.8 Å². The molecule has 5 aromatic rings. The van der Waals surface area contributed by atoms with Crippen LogP contribution >= 0.6 is 0 Å². The van der Waals surface area contributed by atoms with Crippen molar-refractivity contribution in [3.8, 4) is 56.9 Å². The molecule has 162 valence electrons. The summed E-state index contributed by atoms with van der Waals surface area (Å²) >= 11 is 0. The lowest BCUT2D eigenvalue weighted by molar-refractivity contribution is 1.27. The van der Waals surface area contributed by atoms with E-state index >= 15 is 0 Å². The monoisotopic (exact) mass is 436 g/mol. The zero-order valence-corrected chi connectivity index (χ0v) is 19.3. The lowest BCUT2D eigenvalue weighted by Gasteiger charge is -2.15. The van der Waals surface area contributed by atoms with Gasteiger partial charge in [0, 0.05) is 41.5 Å². The molecule has 0 N–H and O–H groups in total. The first-order valence-electron chi connectivity index (χ1n) is 11.3. The Morgan fingerprint density at radius 2 is 0.941 bits per heavy atom. The summed E-state index contributed by atoms with van der Waals surface area (Å²) in [7, 11) is 0. The van der Waals surface area contributed by atoms with Crippen molar-refractivity contribution >= 4 is 0 Å². The number of pyridine rings is 2. The molecule has 0 unspecified atom stereocenters. The van der Waals surface area contributed by atoms with E-state index in [0.717, 1.165) is 61.2 Å². The topological polar surface area (TPSA) is 25.8 Å². The van der Waals surface area contributed by atoms with Crippen molar-refractivity contribution in [2.45, 2.75) is 13.8 Å². The minimum atomic E-state index is 0.849. The van der Waals surface area contributed by atoms with Gasteiger partial charge in [-0.15, -0.1) is 6.42 Å². The molecular weight excluding hydrogens is 412 g/mol. The highest BCUT2D eigenvalue weighted by atomic mass is 14.6.